The van der Waals surface area contributed by atoms with Crippen molar-refractivity contribution in [1.29, 1.82) is 0 Å². The predicted octanol–water partition coefficient (Wildman–Crippen LogP) is 6.31. The summed E-state index contributed by atoms with van der Waals surface area (Å²) in [4.78, 5) is 15.1. The highest BCUT2D eigenvalue weighted by atomic mass is 32.1. The van der Waals surface area contributed by atoms with Gasteiger partial charge in [-0.15, -0.1) is 11.3 Å². The maximum absolute atomic E-state index is 8.75. The molecule has 8 nitrogen and oxygen atoms in total. The SMILES string of the molecule is [N-]=[N+]=Nc1ccccc1CN=Cc1sc(-c2ccccc2)nc1N=[N+]=[N-]. The Bertz CT molecular complexity index is 1030. The lowest BCUT2D eigenvalue weighted by molar-refractivity contribution is 1.07. The van der Waals surface area contributed by atoms with Crippen LogP contribution in [0.1, 0.15) is 10.4 Å². The summed E-state index contributed by atoms with van der Waals surface area (Å²) in [6.07, 6.45) is 1.63. The minimum Gasteiger partial charge on any atom is -0.287 e. The quantitative estimate of drug-likeness (QED) is 0.217. The van der Waals surface area contributed by atoms with Gasteiger partial charge in [0.2, 0.25) is 0 Å². The number of aromatic nitrogens is 1. The van der Waals surface area contributed by atoms with Crippen LogP contribution in [-0.2, 0) is 6.54 Å². The Morgan fingerprint density at radius 2 is 1.69 bits per heavy atom. The molecule has 0 aliphatic carbocycles. The third-order valence-electron chi connectivity index (χ3n) is 3.41. The lowest BCUT2D eigenvalue weighted by Gasteiger charge is -2.00. The van der Waals surface area contributed by atoms with Gasteiger partial charge in [-0.2, -0.15) is 0 Å². The van der Waals surface area contributed by atoms with Crippen LogP contribution in [-0.4, -0.2) is 11.2 Å². The van der Waals surface area contributed by atoms with E-state index in [1.807, 2.05) is 42.5 Å². The van der Waals surface area contributed by atoms with Crippen molar-refractivity contribution in [1.82, 2.24) is 4.98 Å². The molecule has 0 radical (unpaired) electrons. The molecule has 0 fully saturated rings. The number of benzene rings is 2. The molecule has 0 saturated carbocycles. The first-order valence-corrected chi connectivity index (χ1v) is 8.37. The van der Waals surface area contributed by atoms with E-state index in [9.17, 15) is 0 Å². The molecule has 26 heavy (non-hydrogen) atoms. The molecule has 3 aromatic rings. The fourth-order valence-electron chi connectivity index (χ4n) is 2.24. The van der Waals surface area contributed by atoms with E-state index in [-0.39, 0.29) is 0 Å². The van der Waals surface area contributed by atoms with Crippen molar-refractivity contribution in [3.63, 3.8) is 0 Å². The third-order valence-corrected chi connectivity index (χ3v) is 4.44. The molecule has 1 aromatic heterocycles. The van der Waals surface area contributed by atoms with Crippen LogP contribution < -0.4 is 0 Å². The van der Waals surface area contributed by atoms with Gasteiger partial charge >= 0.3 is 0 Å². The van der Waals surface area contributed by atoms with Crippen molar-refractivity contribution >= 4 is 29.1 Å². The van der Waals surface area contributed by atoms with Crippen LogP contribution in [0.5, 0.6) is 0 Å². The molecular weight excluding hydrogens is 348 g/mol. The number of nitrogens with zero attached hydrogens (tertiary/aromatic N) is 8. The number of hydrogen-bond acceptors (Lipinski definition) is 5. The normalized spacial score (nSPS) is 10.3. The van der Waals surface area contributed by atoms with E-state index in [0.29, 0.717) is 22.9 Å². The highest BCUT2D eigenvalue weighted by Gasteiger charge is 2.10. The summed E-state index contributed by atoms with van der Waals surface area (Å²) in [5.41, 5.74) is 19.7. The molecule has 0 bridgehead atoms. The summed E-state index contributed by atoms with van der Waals surface area (Å²) in [5, 5.41) is 8.05. The molecule has 0 saturated heterocycles. The zero-order valence-corrected chi connectivity index (χ0v) is 14.3. The van der Waals surface area contributed by atoms with E-state index in [4.69, 9.17) is 11.1 Å². The number of azide groups is 2. The topological polar surface area (TPSA) is 123 Å². The predicted molar refractivity (Wildman–Crippen MR) is 103 cm³/mol. The highest BCUT2D eigenvalue weighted by Crippen LogP contribution is 2.31. The fourth-order valence-corrected chi connectivity index (χ4v) is 3.14. The van der Waals surface area contributed by atoms with Crippen LogP contribution in [0.4, 0.5) is 11.5 Å². The largest absolute Gasteiger partial charge is 0.287 e. The van der Waals surface area contributed by atoms with E-state index in [0.717, 1.165) is 16.1 Å². The first-order valence-electron chi connectivity index (χ1n) is 7.56. The van der Waals surface area contributed by atoms with Gasteiger partial charge in [-0.25, -0.2) is 4.98 Å². The van der Waals surface area contributed by atoms with Gasteiger partial charge in [-0.1, -0.05) is 59.7 Å². The maximum atomic E-state index is 8.75. The van der Waals surface area contributed by atoms with Crippen LogP contribution in [0, 0.1) is 0 Å². The van der Waals surface area contributed by atoms with Crippen LogP contribution >= 0.6 is 11.3 Å². The Hall–Kier alpha value is -3.64. The fraction of sp³-hybridized carbons (Fsp3) is 0.0588. The molecule has 9 heteroatoms. The molecule has 3 rings (SSSR count). The summed E-state index contributed by atoms with van der Waals surface area (Å²) in [5.74, 6) is 0.295. The summed E-state index contributed by atoms with van der Waals surface area (Å²) in [6, 6.07) is 16.9. The van der Waals surface area contributed by atoms with Gasteiger partial charge in [0, 0.05) is 27.3 Å². The average Bonchev–Trinajstić information content (AvgIpc) is 3.07. The zero-order valence-electron chi connectivity index (χ0n) is 13.5. The van der Waals surface area contributed by atoms with Crippen LogP contribution in [0.25, 0.3) is 31.5 Å². The lowest BCUT2D eigenvalue weighted by Crippen LogP contribution is -1.83. The maximum Gasteiger partial charge on any atom is 0.147 e. The van der Waals surface area contributed by atoms with E-state index in [1.165, 1.54) is 11.3 Å². The molecule has 0 aliphatic rings. The first-order chi connectivity index (χ1) is 12.8. The smallest absolute Gasteiger partial charge is 0.147 e. The van der Waals surface area contributed by atoms with Gasteiger partial charge in [-0.3, -0.25) is 4.99 Å². The summed E-state index contributed by atoms with van der Waals surface area (Å²) in [7, 11) is 0. The van der Waals surface area contributed by atoms with Crippen molar-refractivity contribution in [3.8, 4) is 10.6 Å². The number of hydrogen-bond donors (Lipinski definition) is 0. The minimum atomic E-state index is 0.295. The Labute approximate surface area is 152 Å². The van der Waals surface area contributed by atoms with E-state index < -0.39 is 0 Å². The van der Waals surface area contributed by atoms with Crippen LogP contribution in [0.2, 0.25) is 0 Å². The van der Waals surface area contributed by atoms with E-state index >= 15 is 0 Å². The highest BCUT2D eigenvalue weighted by molar-refractivity contribution is 7.17. The van der Waals surface area contributed by atoms with Crippen LogP contribution in [0.15, 0.2) is 69.8 Å². The Morgan fingerprint density at radius 3 is 2.46 bits per heavy atom. The van der Waals surface area contributed by atoms with Crippen molar-refractivity contribution in [3.05, 3.63) is 85.9 Å². The number of aliphatic imine (C=N–C) groups is 1. The van der Waals surface area contributed by atoms with Gasteiger partial charge in [0.05, 0.1) is 11.4 Å². The zero-order chi connectivity index (χ0) is 18.2. The van der Waals surface area contributed by atoms with Crippen LogP contribution in [0.3, 0.4) is 0 Å². The average molecular weight is 360 g/mol. The second-order valence-corrected chi connectivity index (χ2v) is 6.08. The van der Waals surface area contributed by atoms with Gasteiger partial charge in [0.1, 0.15) is 10.8 Å². The third kappa shape index (κ3) is 4.06. The Balaban J connectivity index is 1.87. The van der Waals surface area contributed by atoms with E-state index in [1.54, 1.807) is 18.3 Å². The van der Waals surface area contributed by atoms with E-state index in [2.05, 4.69) is 30.0 Å². The molecule has 0 unspecified atom stereocenters. The Morgan fingerprint density at radius 1 is 0.962 bits per heavy atom. The van der Waals surface area contributed by atoms with Crippen molar-refractivity contribution in [2.24, 2.45) is 15.2 Å². The van der Waals surface area contributed by atoms with Gasteiger partial charge in [0.15, 0.2) is 0 Å². The molecule has 1 heterocycles. The van der Waals surface area contributed by atoms with Gasteiger partial charge in [0.25, 0.3) is 0 Å². The molecule has 0 amide bonds. The standard InChI is InChI=1S/C17H12N8S/c18-24-22-14-9-5-4-8-13(14)10-20-11-15-16(23-25-19)21-17(26-15)12-6-2-1-3-7-12/h1-9,11H,10H2. The lowest BCUT2D eigenvalue weighted by atomic mass is 10.2. The van der Waals surface area contributed by atoms with Gasteiger partial charge in [-0.05, 0) is 21.7 Å². The van der Waals surface area contributed by atoms with Crippen molar-refractivity contribution < 1.29 is 0 Å². The molecule has 0 spiro atoms. The second-order valence-electron chi connectivity index (χ2n) is 5.05. The number of thiazole rings is 1. The summed E-state index contributed by atoms with van der Waals surface area (Å²) in [6.45, 7) is 0.337. The first kappa shape index (κ1) is 17.2. The molecule has 126 valence electrons. The second kappa shape index (κ2) is 8.46. The number of rotatable bonds is 6. The molecule has 0 atom stereocenters. The Kier molecular flexibility index (Phi) is 5.59. The minimum absolute atomic E-state index is 0.295. The van der Waals surface area contributed by atoms with Gasteiger partial charge < -0.3 is 0 Å². The molecule has 2 aromatic carbocycles. The molecular formula is C17H12N8S. The summed E-state index contributed by atoms with van der Waals surface area (Å²) < 4.78 is 0. The van der Waals surface area contributed by atoms with Crippen molar-refractivity contribution in [2.75, 3.05) is 0 Å². The molecule has 0 aliphatic heterocycles. The monoisotopic (exact) mass is 360 g/mol. The molecule has 0 N–H and O–H groups in total. The summed E-state index contributed by atoms with van der Waals surface area (Å²) >= 11 is 1.39. The van der Waals surface area contributed by atoms with Crippen molar-refractivity contribution in [2.45, 2.75) is 6.54 Å².